The van der Waals surface area contributed by atoms with Crippen LogP contribution in [-0.4, -0.2) is 24.0 Å². The van der Waals surface area contributed by atoms with Gasteiger partial charge in [-0.25, -0.2) is 4.98 Å². The Kier molecular flexibility index (Phi) is 6.67. The highest BCUT2D eigenvalue weighted by molar-refractivity contribution is 7.09. The topological polar surface area (TPSA) is 54.5 Å². The molecular formula is C25H27N3O2S. The van der Waals surface area contributed by atoms with E-state index in [1.54, 1.807) is 23.5 Å². The molecule has 2 aromatic carbocycles. The highest BCUT2D eigenvalue weighted by atomic mass is 32.1. The van der Waals surface area contributed by atoms with Crippen LogP contribution in [0.5, 0.6) is 5.75 Å². The molecule has 0 saturated carbocycles. The summed E-state index contributed by atoms with van der Waals surface area (Å²) in [5.41, 5.74) is 4.97. The lowest BCUT2D eigenvalue weighted by Crippen LogP contribution is -2.18. The van der Waals surface area contributed by atoms with Gasteiger partial charge in [-0.3, -0.25) is 4.79 Å². The van der Waals surface area contributed by atoms with Crippen LogP contribution in [0.4, 0.5) is 11.4 Å². The van der Waals surface area contributed by atoms with Gasteiger partial charge in [0.25, 0.3) is 0 Å². The normalized spacial score (nSPS) is 13.7. The van der Waals surface area contributed by atoms with E-state index in [1.165, 1.54) is 18.5 Å². The number of rotatable bonds is 7. The van der Waals surface area contributed by atoms with Crippen LogP contribution in [0.1, 0.15) is 34.7 Å². The fourth-order valence-corrected chi connectivity index (χ4v) is 4.24. The molecule has 1 amide bonds. The van der Waals surface area contributed by atoms with Crippen molar-refractivity contribution in [3.63, 3.8) is 0 Å². The number of nitrogens with one attached hydrogen (secondary N) is 1. The molecule has 0 atom stereocenters. The van der Waals surface area contributed by atoms with E-state index in [-0.39, 0.29) is 5.91 Å². The van der Waals surface area contributed by atoms with Crippen molar-refractivity contribution in [3.8, 4) is 5.75 Å². The third-order valence-corrected chi connectivity index (χ3v) is 6.10. The smallest absolute Gasteiger partial charge is 0.248 e. The van der Waals surface area contributed by atoms with Gasteiger partial charge in [0.15, 0.2) is 0 Å². The van der Waals surface area contributed by atoms with Crippen LogP contribution in [-0.2, 0) is 11.4 Å². The first-order chi connectivity index (χ1) is 15.1. The van der Waals surface area contributed by atoms with Gasteiger partial charge in [-0.1, -0.05) is 12.1 Å². The highest BCUT2D eigenvalue weighted by Gasteiger charge is 2.13. The number of carbonyl (C=O) groups is 1. The Hall–Kier alpha value is -3.12. The summed E-state index contributed by atoms with van der Waals surface area (Å²) in [7, 11) is 0. The molecule has 1 aliphatic heterocycles. The minimum absolute atomic E-state index is 0.152. The van der Waals surface area contributed by atoms with Crippen LogP contribution in [0.3, 0.4) is 0 Å². The molecule has 0 bridgehead atoms. The molecule has 1 aliphatic rings. The molecule has 0 radical (unpaired) electrons. The zero-order chi connectivity index (χ0) is 21.6. The Balaban J connectivity index is 1.34. The maximum atomic E-state index is 12.4. The van der Waals surface area contributed by atoms with Crippen molar-refractivity contribution in [3.05, 3.63) is 75.7 Å². The number of carbonyl (C=O) groups excluding carboxylic acids is 1. The van der Waals surface area contributed by atoms with Crippen molar-refractivity contribution in [2.24, 2.45) is 0 Å². The molecule has 5 nitrogen and oxygen atoms in total. The maximum absolute atomic E-state index is 12.4. The van der Waals surface area contributed by atoms with E-state index in [2.05, 4.69) is 27.3 Å². The zero-order valence-electron chi connectivity index (χ0n) is 17.9. The Bertz CT molecular complexity index is 1080. The van der Waals surface area contributed by atoms with Gasteiger partial charge >= 0.3 is 0 Å². The minimum atomic E-state index is -0.152. The molecule has 0 aliphatic carbocycles. The minimum Gasteiger partial charge on any atom is -0.487 e. The largest absolute Gasteiger partial charge is 0.487 e. The second kappa shape index (κ2) is 9.79. The molecule has 2 heterocycles. The van der Waals surface area contributed by atoms with E-state index < -0.39 is 0 Å². The van der Waals surface area contributed by atoms with Gasteiger partial charge in [-0.2, -0.15) is 0 Å². The van der Waals surface area contributed by atoms with Crippen LogP contribution in [0.15, 0.2) is 53.9 Å². The molecule has 1 saturated heterocycles. The Labute approximate surface area is 187 Å². The van der Waals surface area contributed by atoms with E-state index in [0.29, 0.717) is 6.61 Å². The van der Waals surface area contributed by atoms with E-state index in [4.69, 9.17) is 4.74 Å². The van der Waals surface area contributed by atoms with E-state index in [1.807, 2.05) is 49.6 Å². The Morgan fingerprint density at radius 2 is 2.03 bits per heavy atom. The van der Waals surface area contributed by atoms with Crippen molar-refractivity contribution in [1.29, 1.82) is 0 Å². The molecule has 4 rings (SSSR count). The second-order valence-electron chi connectivity index (χ2n) is 7.73. The van der Waals surface area contributed by atoms with Gasteiger partial charge in [0.1, 0.15) is 12.4 Å². The van der Waals surface area contributed by atoms with E-state index >= 15 is 0 Å². The van der Waals surface area contributed by atoms with Gasteiger partial charge in [0.05, 0.1) is 10.7 Å². The molecule has 1 N–H and O–H groups in total. The Morgan fingerprint density at radius 3 is 2.77 bits per heavy atom. The molecule has 0 unspecified atom stereocenters. The molecular weight excluding hydrogens is 406 g/mol. The number of aromatic nitrogens is 1. The number of benzene rings is 2. The first-order valence-electron chi connectivity index (χ1n) is 10.6. The van der Waals surface area contributed by atoms with Gasteiger partial charge in [0, 0.05) is 35.9 Å². The first kappa shape index (κ1) is 21.1. The second-order valence-corrected chi connectivity index (χ2v) is 8.80. The van der Waals surface area contributed by atoms with E-state index in [9.17, 15) is 4.79 Å². The quantitative estimate of drug-likeness (QED) is 0.494. The number of nitrogens with zero attached hydrogens (tertiary/aromatic N) is 2. The zero-order valence-corrected chi connectivity index (χ0v) is 18.7. The summed E-state index contributed by atoms with van der Waals surface area (Å²) in [6.07, 6.45) is 5.85. The maximum Gasteiger partial charge on any atom is 0.248 e. The van der Waals surface area contributed by atoms with Crippen molar-refractivity contribution in [1.82, 2.24) is 4.98 Å². The third kappa shape index (κ3) is 5.73. The number of ether oxygens (including phenoxy) is 1. The highest BCUT2D eigenvalue weighted by Crippen LogP contribution is 2.25. The summed E-state index contributed by atoms with van der Waals surface area (Å²) in [6.45, 7) is 6.67. The van der Waals surface area contributed by atoms with Crippen LogP contribution >= 0.6 is 11.3 Å². The fourth-order valence-electron chi connectivity index (χ4n) is 3.65. The molecule has 160 valence electrons. The predicted molar refractivity (Wildman–Crippen MR) is 128 cm³/mol. The summed E-state index contributed by atoms with van der Waals surface area (Å²) >= 11 is 1.61. The average molecular weight is 434 g/mol. The number of anilines is 2. The number of thiazole rings is 1. The van der Waals surface area contributed by atoms with Crippen LogP contribution in [0.25, 0.3) is 6.08 Å². The van der Waals surface area contributed by atoms with Gasteiger partial charge in [-0.05, 0) is 74.2 Å². The van der Waals surface area contributed by atoms with Crippen molar-refractivity contribution in [2.75, 3.05) is 23.3 Å². The van der Waals surface area contributed by atoms with Crippen LogP contribution < -0.4 is 15.0 Å². The number of amides is 1. The SMILES string of the molecule is Cc1nc(COc2cccc(/C=C/C(=O)Nc3ccc(N4CCCC4)cc3C)c2)cs1. The Morgan fingerprint density at radius 1 is 1.19 bits per heavy atom. The lowest BCUT2D eigenvalue weighted by Gasteiger charge is -2.19. The first-order valence-corrected chi connectivity index (χ1v) is 11.4. The number of hydrogen-bond acceptors (Lipinski definition) is 5. The monoisotopic (exact) mass is 433 g/mol. The molecule has 31 heavy (non-hydrogen) atoms. The summed E-state index contributed by atoms with van der Waals surface area (Å²) in [4.78, 5) is 19.2. The summed E-state index contributed by atoms with van der Waals surface area (Å²) < 4.78 is 5.82. The molecule has 0 spiro atoms. The number of aryl methyl sites for hydroxylation is 2. The van der Waals surface area contributed by atoms with Crippen molar-refractivity contribution >= 4 is 34.7 Å². The van der Waals surface area contributed by atoms with Gasteiger partial charge in [0.2, 0.25) is 5.91 Å². The summed E-state index contributed by atoms with van der Waals surface area (Å²) in [6, 6.07) is 13.9. The van der Waals surface area contributed by atoms with Gasteiger partial charge in [-0.15, -0.1) is 11.3 Å². The number of hydrogen-bond donors (Lipinski definition) is 1. The average Bonchev–Trinajstić information content (AvgIpc) is 3.45. The summed E-state index contributed by atoms with van der Waals surface area (Å²) in [5, 5.41) is 6.01. The molecule has 1 aromatic heterocycles. The van der Waals surface area contributed by atoms with Crippen LogP contribution in [0, 0.1) is 13.8 Å². The van der Waals surface area contributed by atoms with Gasteiger partial charge < -0.3 is 15.0 Å². The van der Waals surface area contributed by atoms with Crippen molar-refractivity contribution < 1.29 is 9.53 Å². The molecule has 3 aromatic rings. The van der Waals surface area contributed by atoms with E-state index in [0.717, 1.165) is 46.4 Å². The lowest BCUT2D eigenvalue weighted by molar-refractivity contribution is -0.111. The standard InChI is InChI=1S/C25H27N3O2S/c1-18-14-22(28-12-3-4-13-28)9-10-24(18)27-25(29)11-8-20-6-5-7-23(15-20)30-16-21-17-31-19(2)26-21/h5-11,14-15,17H,3-4,12-13,16H2,1-2H3,(H,27,29)/b11-8+. The van der Waals surface area contributed by atoms with Crippen LogP contribution in [0.2, 0.25) is 0 Å². The van der Waals surface area contributed by atoms with Crippen molar-refractivity contribution in [2.45, 2.75) is 33.3 Å². The predicted octanol–water partition coefficient (Wildman–Crippen LogP) is 5.59. The lowest BCUT2D eigenvalue weighted by atomic mass is 10.1. The third-order valence-electron chi connectivity index (χ3n) is 5.28. The fraction of sp³-hybridized carbons (Fsp3) is 0.280. The molecule has 1 fully saturated rings. The summed E-state index contributed by atoms with van der Waals surface area (Å²) in [5.74, 6) is 0.600. The molecule has 6 heteroatoms.